The molecule has 4 rings (SSSR count). The van der Waals surface area contributed by atoms with Crippen LogP contribution in [0.2, 0.25) is 0 Å². The van der Waals surface area contributed by atoms with Crippen LogP contribution in [0.25, 0.3) is 0 Å². The molecule has 0 spiro atoms. The summed E-state index contributed by atoms with van der Waals surface area (Å²) in [4.78, 5) is 23.1. The van der Waals surface area contributed by atoms with Crippen molar-refractivity contribution < 1.29 is 19.0 Å². The Morgan fingerprint density at radius 2 is 2.04 bits per heavy atom. The number of hydrogen-bond donors (Lipinski definition) is 0. The van der Waals surface area contributed by atoms with Gasteiger partial charge in [-0.15, -0.1) is 0 Å². The van der Waals surface area contributed by atoms with E-state index >= 15 is 0 Å². The van der Waals surface area contributed by atoms with Crippen molar-refractivity contribution in [3.05, 3.63) is 47.8 Å². The van der Waals surface area contributed by atoms with Crippen molar-refractivity contribution >= 4 is 5.91 Å². The fourth-order valence-electron chi connectivity index (χ4n) is 3.60. The SMILES string of the molecule is COc1cncc(OC2CCCN(C(=O)C3Cc4ccccc4CO3)C2)n1. The lowest BCUT2D eigenvalue weighted by atomic mass is 9.98. The number of nitrogens with zero attached hydrogens (tertiary/aromatic N) is 3. The molecule has 1 aromatic heterocycles. The monoisotopic (exact) mass is 369 g/mol. The number of likely N-dealkylation sites (tertiary alicyclic amines) is 1. The molecule has 1 fully saturated rings. The number of benzene rings is 1. The minimum Gasteiger partial charge on any atom is -0.480 e. The highest BCUT2D eigenvalue weighted by Gasteiger charge is 2.32. The van der Waals surface area contributed by atoms with Gasteiger partial charge < -0.3 is 19.1 Å². The minimum atomic E-state index is -0.421. The number of hydrogen-bond acceptors (Lipinski definition) is 6. The Balaban J connectivity index is 1.38. The lowest BCUT2D eigenvalue weighted by molar-refractivity contribution is -0.148. The molecule has 2 unspecified atom stereocenters. The van der Waals surface area contributed by atoms with Gasteiger partial charge in [-0.1, -0.05) is 24.3 Å². The number of carbonyl (C=O) groups is 1. The molecule has 0 saturated carbocycles. The van der Waals surface area contributed by atoms with Crippen molar-refractivity contribution in [1.29, 1.82) is 0 Å². The van der Waals surface area contributed by atoms with Crippen LogP contribution in [0.1, 0.15) is 24.0 Å². The molecule has 7 heteroatoms. The highest BCUT2D eigenvalue weighted by atomic mass is 16.5. The second kappa shape index (κ2) is 7.92. The van der Waals surface area contributed by atoms with E-state index in [1.54, 1.807) is 6.20 Å². The van der Waals surface area contributed by atoms with E-state index in [0.29, 0.717) is 31.3 Å². The van der Waals surface area contributed by atoms with Gasteiger partial charge in [0.05, 0.1) is 32.7 Å². The van der Waals surface area contributed by atoms with Gasteiger partial charge in [-0.2, -0.15) is 4.98 Å². The Morgan fingerprint density at radius 3 is 2.89 bits per heavy atom. The molecule has 1 amide bonds. The molecule has 2 atom stereocenters. The van der Waals surface area contributed by atoms with Gasteiger partial charge >= 0.3 is 0 Å². The fourth-order valence-corrected chi connectivity index (χ4v) is 3.60. The standard InChI is InChI=1S/C20H23N3O4/c1-25-18-10-21-11-19(22-18)27-16-7-4-8-23(12-16)20(24)17-9-14-5-2-3-6-15(14)13-26-17/h2-3,5-6,10-11,16-17H,4,7-9,12-13H2,1H3. The fraction of sp³-hybridized carbons (Fsp3) is 0.450. The zero-order chi connectivity index (χ0) is 18.6. The molecule has 0 radical (unpaired) electrons. The number of ether oxygens (including phenoxy) is 3. The molecule has 2 aliphatic rings. The van der Waals surface area contributed by atoms with Crippen molar-refractivity contribution in [3.8, 4) is 11.8 Å². The Labute approximate surface area is 158 Å². The predicted molar refractivity (Wildman–Crippen MR) is 97.5 cm³/mol. The van der Waals surface area contributed by atoms with Crippen LogP contribution < -0.4 is 9.47 Å². The summed E-state index contributed by atoms with van der Waals surface area (Å²) in [6.45, 7) is 1.74. The molecule has 7 nitrogen and oxygen atoms in total. The second-order valence-electron chi connectivity index (χ2n) is 6.84. The molecular weight excluding hydrogens is 346 g/mol. The summed E-state index contributed by atoms with van der Waals surface area (Å²) in [7, 11) is 1.54. The summed E-state index contributed by atoms with van der Waals surface area (Å²) >= 11 is 0. The molecule has 27 heavy (non-hydrogen) atoms. The first-order chi connectivity index (χ1) is 13.2. The normalized spacial score (nSPS) is 22.0. The van der Waals surface area contributed by atoms with Crippen molar-refractivity contribution in [2.45, 2.75) is 38.1 Å². The van der Waals surface area contributed by atoms with E-state index < -0.39 is 6.10 Å². The number of rotatable bonds is 4. The Bertz CT molecular complexity index is 813. The van der Waals surface area contributed by atoms with E-state index in [9.17, 15) is 4.79 Å². The van der Waals surface area contributed by atoms with Gasteiger partial charge in [-0.3, -0.25) is 9.78 Å². The first-order valence-electron chi connectivity index (χ1n) is 9.23. The smallest absolute Gasteiger partial charge is 0.252 e. The Morgan fingerprint density at radius 1 is 1.22 bits per heavy atom. The van der Waals surface area contributed by atoms with Crippen LogP contribution >= 0.6 is 0 Å². The first-order valence-corrected chi connectivity index (χ1v) is 9.23. The van der Waals surface area contributed by atoms with Crippen LogP contribution in [0.3, 0.4) is 0 Å². The van der Waals surface area contributed by atoms with E-state index in [-0.39, 0.29) is 12.0 Å². The van der Waals surface area contributed by atoms with E-state index in [1.807, 2.05) is 17.0 Å². The molecule has 0 N–H and O–H groups in total. The van der Waals surface area contributed by atoms with Crippen LogP contribution in [0.15, 0.2) is 36.7 Å². The number of aromatic nitrogens is 2. The third kappa shape index (κ3) is 4.03. The Hall–Kier alpha value is -2.67. The van der Waals surface area contributed by atoms with Crippen LogP contribution in [-0.2, 0) is 22.6 Å². The molecule has 142 valence electrons. The molecule has 3 heterocycles. The number of fused-ring (bicyclic) bond motifs is 1. The van der Waals surface area contributed by atoms with Crippen LogP contribution in [0.5, 0.6) is 11.8 Å². The molecule has 1 aromatic carbocycles. The van der Waals surface area contributed by atoms with Gasteiger partial charge in [0, 0.05) is 13.0 Å². The maximum atomic E-state index is 13.0. The van der Waals surface area contributed by atoms with Crippen molar-refractivity contribution in [2.75, 3.05) is 20.2 Å². The number of methoxy groups -OCH3 is 1. The van der Waals surface area contributed by atoms with Crippen LogP contribution in [-0.4, -0.2) is 53.2 Å². The lowest BCUT2D eigenvalue weighted by Crippen LogP contribution is -2.49. The average Bonchev–Trinajstić information content (AvgIpc) is 2.73. The summed E-state index contributed by atoms with van der Waals surface area (Å²) < 4.78 is 16.8. The average molecular weight is 369 g/mol. The van der Waals surface area contributed by atoms with E-state index in [4.69, 9.17) is 14.2 Å². The maximum absolute atomic E-state index is 13.0. The zero-order valence-corrected chi connectivity index (χ0v) is 15.3. The van der Waals surface area contributed by atoms with Gasteiger partial charge in [0.15, 0.2) is 0 Å². The highest BCUT2D eigenvalue weighted by molar-refractivity contribution is 5.81. The number of amides is 1. The second-order valence-corrected chi connectivity index (χ2v) is 6.84. The van der Waals surface area contributed by atoms with Crippen molar-refractivity contribution in [3.63, 3.8) is 0 Å². The minimum absolute atomic E-state index is 0.0366. The summed E-state index contributed by atoms with van der Waals surface area (Å²) in [6.07, 6.45) is 4.94. The summed E-state index contributed by atoms with van der Waals surface area (Å²) in [6, 6.07) is 8.13. The van der Waals surface area contributed by atoms with E-state index in [2.05, 4.69) is 22.1 Å². The Kier molecular flexibility index (Phi) is 5.20. The molecule has 2 aromatic rings. The van der Waals surface area contributed by atoms with Crippen LogP contribution in [0, 0.1) is 0 Å². The predicted octanol–water partition coefficient (Wildman–Crippen LogP) is 2.00. The molecule has 0 bridgehead atoms. The molecule has 1 saturated heterocycles. The van der Waals surface area contributed by atoms with E-state index in [0.717, 1.165) is 24.9 Å². The largest absolute Gasteiger partial charge is 0.480 e. The zero-order valence-electron chi connectivity index (χ0n) is 15.3. The highest BCUT2D eigenvalue weighted by Crippen LogP contribution is 2.24. The molecule has 2 aliphatic heterocycles. The van der Waals surface area contributed by atoms with E-state index in [1.165, 1.54) is 18.9 Å². The number of piperidine rings is 1. The quantitative estimate of drug-likeness (QED) is 0.821. The van der Waals surface area contributed by atoms with Gasteiger partial charge in [0.2, 0.25) is 11.8 Å². The third-order valence-corrected chi connectivity index (χ3v) is 5.02. The van der Waals surface area contributed by atoms with Gasteiger partial charge in [0.25, 0.3) is 5.91 Å². The van der Waals surface area contributed by atoms with Crippen molar-refractivity contribution in [2.24, 2.45) is 0 Å². The summed E-state index contributed by atoms with van der Waals surface area (Å²) in [5, 5.41) is 0. The lowest BCUT2D eigenvalue weighted by Gasteiger charge is -2.35. The topological polar surface area (TPSA) is 73.8 Å². The molecular formula is C20H23N3O4. The van der Waals surface area contributed by atoms with Gasteiger partial charge in [-0.05, 0) is 24.0 Å². The maximum Gasteiger partial charge on any atom is 0.252 e. The van der Waals surface area contributed by atoms with Crippen LogP contribution in [0.4, 0.5) is 0 Å². The summed E-state index contributed by atoms with van der Waals surface area (Å²) in [5.41, 5.74) is 2.36. The van der Waals surface area contributed by atoms with Gasteiger partial charge in [-0.25, -0.2) is 0 Å². The molecule has 0 aliphatic carbocycles. The number of carbonyl (C=O) groups excluding carboxylic acids is 1. The third-order valence-electron chi connectivity index (χ3n) is 5.02. The van der Waals surface area contributed by atoms with Crippen molar-refractivity contribution in [1.82, 2.24) is 14.9 Å². The first kappa shape index (κ1) is 17.7. The summed E-state index contributed by atoms with van der Waals surface area (Å²) in [5.74, 6) is 0.858. The van der Waals surface area contributed by atoms with Gasteiger partial charge in [0.1, 0.15) is 12.2 Å².